The number of rotatable bonds is 5. The maximum atomic E-state index is 12.2. The molecule has 1 aromatic rings. The number of hydrogen-bond acceptors (Lipinski definition) is 3. The Labute approximate surface area is 103 Å². The number of nitrogens with one attached hydrogen (secondary N) is 1. The second-order valence-corrected chi connectivity index (χ2v) is 4.20. The summed E-state index contributed by atoms with van der Waals surface area (Å²) in [6.07, 6.45) is 3.75. The molecule has 0 aliphatic carbocycles. The number of carbonyl (C=O) groups excluding carboxylic acids is 1. The Kier molecular flexibility index (Phi) is 4.94. The lowest BCUT2D eigenvalue weighted by molar-refractivity contribution is 0.0794. The predicted molar refractivity (Wildman–Crippen MR) is 70.4 cm³/mol. The predicted octanol–water partition coefficient (Wildman–Crippen LogP) is 2.30. The summed E-state index contributed by atoms with van der Waals surface area (Å²) in [5.41, 5.74) is 2.38. The van der Waals surface area contributed by atoms with Gasteiger partial charge in [-0.15, -0.1) is 0 Å². The molecule has 17 heavy (non-hydrogen) atoms. The van der Waals surface area contributed by atoms with Crippen molar-refractivity contribution in [1.82, 2.24) is 9.88 Å². The maximum absolute atomic E-state index is 12.2. The molecule has 0 saturated carbocycles. The quantitative estimate of drug-likeness (QED) is 0.851. The first-order valence-corrected chi connectivity index (χ1v) is 6.00. The van der Waals surface area contributed by atoms with Crippen LogP contribution in [0.15, 0.2) is 12.3 Å². The monoisotopic (exact) mass is 235 g/mol. The highest BCUT2D eigenvalue weighted by Gasteiger charge is 2.15. The highest BCUT2D eigenvalue weighted by molar-refractivity contribution is 5.99. The number of unbranched alkanes of at least 4 members (excludes halogenated alkanes) is 1. The molecule has 1 heterocycles. The minimum absolute atomic E-state index is 0.0234. The fraction of sp³-hybridized carbons (Fsp3) is 0.538. The number of amides is 1. The summed E-state index contributed by atoms with van der Waals surface area (Å²) in [5.74, 6) is 0.0234. The first kappa shape index (κ1) is 13.5. The van der Waals surface area contributed by atoms with E-state index in [1.807, 2.05) is 27.1 Å². The molecule has 4 heteroatoms. The van der Waals surface area contributed by atoms with Gasteiger partial charge in [-0.25, -0.2) is 0 Å². The molecule has 0 aliphatic rings. The lowest BCUT2D eigenvalue weighted by Gasteiger charge is -2.18. The number of carbonyl (C=O) groups is 1. The fourth-order valence-electron chi connectivity index (χ4n) is 1.64. The number of aromatic nitrogens is 1. The zero-order valence-electron chi connectivity index (χ0n) is 11.1. The zero-order chi connectivity index (χ0) is 12.8. The second kappa shape index (κ2) is 6.23. The van der Waals surface area contributed by atoms with Crippen LogP contribution in [0.1, 0.15) is 35.8 Å². The number of nitrogens with zero attached hydrogens (tertiary/aromatic N) is 2. The van der Waals surface area contributed by atoms with Crippen molar-refractivity contribution >= 4 is 11.6 Å². The van der Waals surface area contributed by atoms with E-state index < -0.39 is 0 Å². The minimum Gasteiger partial charge on any atom is -0.387 e. The standard InChI is InChI=1S/C13H21N3O/c1-5-6-7-16(4)13(17)11-9-15-10(2)8-12(11)14-3/h8-9H,5-7H2,1-4H3,(H,14,15). The number of hydrogen-bond donors (Lipinski definition) is 1. The molecule has 0 unspecified atom stereocenters. The Morgan fingerprint density at radius 1 is 1.53 bits per heavy atom. The van der Waals surface area contributed by atoms with Crippen LogP contribution in [0.5, 0.6) is 0 Å². The van der Waals surface area contributed by atoms with Crippen LogP contribution in [0.25, 0.3) is 0 Å². The maximum Gasteiger partial charge on any atom is 0.257 e. The van der Waals surface area contributed by atoms with Gasteiger partial charge in [-0.1, -0.05) is 13.3 Å². The first-order valence-electron chi connectivity index (χ1n) is 6.00. The van der Waals surface area contributed by atoms with Crippen molar-refractivity contribution in [1.29, 1.82) is 0 Å². The lowest BCUT2D eigenvalue weighted by Crippen LogP contribution is -2.28. The van der Waals surface area contributed by atoms with E-state index in [9.17, 15) is 4.79 Å². The molecule has 0 atom stereocenters. The van der Waals surface area contributed by atoms with E-state index in [1.54, 1.807) is 11.1 Å². The Balaban J connectivity index is 2.87. The van der Waals surface area contributed by atoms with Crippen LogP contribution in [0, 0.1) is 6.92 Å². The fourth-order valence-corrected chi connectivity index (χ4v) is 1.64. The van der Waals surface area contributed by atoms with Gasteiger partial charge >= 0.3 is 0 Å². The van der Waals surface area contributed by atoms with Gasteiger partial charge in [-0.3, -0.25) is 9.78 Å². The van der Waals surface area contributed by atoms with Gasteiger partial charge in [-0.2, -0.15) is 0 Å². The molecule has 1 aromatic heterocycles. The SMILES string of the molecule is CCCCN(C)C(=O)c1cnc(C)cc1NC. The van der Waals surface area contributed by atoms with Crippen LogP contribution in [-0.4, -0.2) is 36.4 Å². The van der Waals surface area contributed by atoms with E-state index in [1.165, 1.54) is 0 Å². The molecule has 0 fully saturated rings. The van der Waals surface area contributed by atoms with Crippen molar-refractivity contribution in [2.24, 2.45) is 0 Å². The van der Waals surface area contributed by atoms with Gasteiger partial charge < -0.3 is 10.2 Å². The van der Waals surface area contributed by atoms with Gasteiger partial charge in [0.25, 0.3) is 5.91 Å². The molecular weight excluding hydrogens is 214 g/mol. The first-order chi connectivity index (χ1) is 8.10. The summed E-state index contributed by atoms with van der Waals surface area (Å²) in [6.45, 7) is 4.81. The Morgan fingerprint density at radius 2 is 2.24 bits per heavy atom. The van der Waals surface area contributed by atoms with E-state index in [2.05, 4.69) is 17.2 Å². The Morgan fingerprint density at radius 3 is 2.82 bits per heavy atom. The second-order valence-electron chi connectivity index (χ2n) is 4.20. The normalized spacial score (nSPS) is 10.1. The van der Waals surface area contributed by atoms with Gasteiger partial charge in [0.05, 0.1) is 11.3 Å². The molecule has 0 aromatic carbocycles. The van der Waals surface area contributed by atoms with Crippen molar-refractivity contribution in [2.75, 3.05) is 26.0 Å². The minimum atomic E-state index is 0.0234. The molecule has 1 rings (SSSR count). The van der Waals surface area contributed by atoms with Crippen molar-refractivity contribution in [3.8, 4) is 0 Å². The van der Waals surface area contributed by atoms with E-state index in [4.69, 9.17) is 0 Å². The molecule has 0 aliphatic heterocycles. The van der Waals surface area contributed by atoms with Gasteiger partial charge in [0.2, 0.25) is 0 Å². The van der Waals surface area contributed by atoms with Gasteiger partial charge in [-0.05, 0) is 19.4 Å². The van der Waals surface area contributed by atoms with Crippen LogP contribution < -0.4 is 5.32 Å². The Bertz CT molecular complexity index is 390. The molecule has 1 N–H and O–H groups in total. The van der Waals surface area contributed by atoms with Crippen LogP contribution in [0.3, 0.4) is 0 Å². The third kappa shape index (κ3) is 3.44. The average Bonchev–Trinajstić information content (AvgIpc) is 2.34. The average molecular weight is 235 g/mol. The number of aryl methyl sites for hydroxylation is 1. The smallest absolute Gasteiger partial charge is 0.257 e. The molecule has 0 bridgehead atoms. The largest absolute Gasteiger partial charge is 0.387 e. The van der Waals surface area contributed by atoms with Gasteiger partial charge in [0.15, 0.2) is 0 Å². The molecule has 94 valence electrons. The molecule has 0 radical (unpaired) electrons. The number of pyridine rings is 1. The molecule has 0 saturated heterocycles. The highest BCUT2D eigenvalue weighted by Crippen LogP contribution is 2.16. The van der Waals surface area contributed by atoms with Gasteiger partial charge in [0.1, 0.15) is 0 Å². The Hall–Kier alpha value is -1.58. The van der Waals surface area contributed by atoms with E-state index in [-0.39, 0.29) is 5.91 Å². The molecular formula is C13H21N3O. The topological polar surface area (TPSA) is 45.2 Å². The van der Waals surface area contributed by atoms with E-state index >= 15 is 0 Å². The number of anilines is 1. The van der Waals surface area contributed by atoms with Gasteiger partial charge in [0, 0.05) is 32.5 Å². The summed E-state index contributed by atoms with van der Waals surface area (Å²) in [4.78, 5) is 18.1. The van der Waals surface area contributed by atoms with Crippen molar-refractivity contribution in [2.45, 2.75) is 26.7 Å². The van der Waals surface area contributed by atoms with Crippen LogP contribution in [0.4, 0.5) is 5.69 Å². The van der Waals surface area contributed by atoms with E-state index in [0.717, 1.165) is 30.8 Å². The van der Waals surface area contributed by atoms with E-state index in [0.29, 0.717) is 5.56 Å². The molecule has 1 amide bonds. The summed E-state index contributed by atoms with van der Waals surface area (Å²) in [6, 6.07) is 1.89. The molecule has 4 nitrogen and oxygen atoms in total. The van der Waals surface area contributed by atoms with Crippen molar-refractivity contribution in [3.05, 3.63) is 23.5 Å². The van der Waals surface area contributed by atoms with Crippen molar-refractivity contribution in [3.63, 3.8) is 0 Å². The van der Waals surface area contributed by atoms with Crippen molar-refractivity contribution < 1.29 is 4.79 Å². The summed E-state index contributed by atoms with van der Waals surface area (Å²) in [7, 11) is 3.65. The van der Waals surface area contributed by atoms with Crippen LogP contribution in [-0.2, 0) is 0 Å². The highest BCUT2D eigenvalue weighted by atomic mass is 16.2. The van der Waals surface area contributed by atoms with Crippen LogP contribution in [0.2, 0.25) is 0 Å². The lowest BCUT2D eigenvalue weighted by atomic mass is 10.2. The summed E-state index contributed by atoms with van der Waals surface area (Å²) in [5, 5.41) is 3.04. The summed E-state index contributed by atoms with van der Waals surface area (Å²) >= 11 is 0. The third-order valence-electron chi connectivity index (χ3n) is 2.73. The van der Waals surface area contributed by atoms with Crippen LogP contribution >= 0.6 is 0 Å². The zero-order valence-corrected chi connectivity index (χ0v) is 11.1. The summed E-state index contributed by atoms with van der Waals surface area (Å²) < 4.78 is 0. The molecule has 0 spiro atoms. The third-order valence-corrected chi connectivity index (χ3v) is 2.73.